The number of halogens is 1. The molecule has 5 nitrogen and oxygen atoms in total. The van der Waals surface area contributed by atoms with Crippen molar-refractivity contribution in [2.24, 2.45) is 0 Å². The van der Waals surface area contributed by atoms with Gasteiger partial charge in [-0.05, 0) is 67.6 Å². The summed E-state index contributed by atoms with van der Waals surface area (Å²) in [4.78, 5) is 21.3. The molecular weight excluding hydrogens is 381 g/mol. The fraction of sp³-hybridized carbons (Fsp3) is 0.0417. The molecule has 3 aromatic carbocycles. The van der Waals surface area contributed by atoms with Crippen molar-refractivity contribution in [3.05, 3.63) is 102 Å². The number of carbonyl (C=O) groups excluding carboxylic acids is 1. The largest absolute Gasteiger partial charge is 0.457 e. The Hall–Kier alpha value is -4.06. The summed E-state index contributed by atoms with van der Waals surface area (Å²) in [5.41, 5.74) is 2.21. The van der Waals surface area contributed by atoms with Crippen LogP contribution < -0.4 is 10.1 Å². The molecule has 0 spiro atoms. The van der Waals surface area contributed by atoms with Crippen LogP contribution in [0.15, 0.2) is 85.1 Å². The lowest BCUT2D eigenvalue weighted by Gasteiger charge is -2.10. The predicted molar refractivity (Wildman–Crippen MR) is 113 cm³/mol. The first-order valence-corrected chi connectivity index (χ1v) is 9.32. The molecule has 0 fully saturated rings. The molecule has 6 heteroatoms. The smallest absolute Gasteiger partial charge is 0.259 e. The molecule has 1 N–H and O–H groups in total. The fourth-order valence-electron chi connectivity index (χ4n) is 2.86. The Kier molecular flexibility index (Phi) is 5.48. The summed E-state index contributed by atoms with van der Waals surface area (Å²) in [6.07, 6.45) is 1.48. The van der Waals surface area contributed by atoms with Crippen LogP contribution in [0.2, 0.25) is 0 Å². The monoisotopic (exact) mass is 399 g/mol. The molecule has 148 valence electrons. The first kappa shape index (κ1) is 19.3. The van der Waals surface area contributed by atoms with Crippen LogP contribution in [-0.4, -0.2) is 15.9 Å². The fourth-order valence-corrected chi connectivity index (χ4v) is 2.86. The van der Waals surface area contributed by atoms with Gasteiger partial charge in [-0.15, -0.1) is 0 Å². The van der Waals surface area contributed by atoms with Crippen molar-refractivity contribution < 1.29 is 13.9 Å². The zero-order valence-electron chi connectivity index (χ0n) is 16.2. The Labute approximate surface area is 173 Å². The van der Waals surface area contributed by atoms with Gasteiger partial charge >= 0.3 is 0 Å². The molecule has 4 aromatic rings. The molecule has 0 saturated carbocycles. The topological polar surface area (TPSA) is 64.1 Å². The number of nitrogens with zero attached hydrogens (tertiary/aromatic N) is 2. The van der Waals surface area contributed by atoms with Crippen molar-refractivity contribution in [1.29, 1.82) is 0 Å². The molecule has 0 unspecified atom stereocenters. The van der Waals surface area contributed by atoms with E-state index in [1.165, 1.54) is 18.3 Å². The Bertz CT molecular complexity index is 1160. The lowest BCUT2D eigenvalue weighted by atomic mass is 10.1. The number of aryl methyl sites for hydroxylation is 1. The zero-order valence-corrected chi connectivity index (χ0v) is 16.2. The van der Waals surface area contributed by atoms with E-state index in [0.717, 1.165) is 5.75 Å². The highest BCUT2D eigenvalue weighted by atomic mass is 19.1. The van der Waals surface area contributed by atoms with Crippen LogP contribution in [0, 0.1) is 12.7 Å². The minimum Gasteiger partial charge on any atom is -0.457 e. The van der Waals surface area contributed by atoms with Crippen molar-refractivity contribution in [2.45, 2.75) is 6.92 Å². The van der Waals surface area contributed by atoms with Crippen LogP contribution in [-0.2, 0) is 0 Å². The number of amides is 1. The number of aromatic nitrogens is 2. The van der Waals surface area contributed by atoms with Gasteiger partial charge in [-0.25, -0.2) is 14.4 Å². The van der Waals surface area contributed by atoms with Gasteiger partial charge in [0.2, 0.25) is 0 Å². The van der Waals surface area contributed by atoms with Gasteiger partial charge in [0, 0.05) is 17.4 Å². The summed E-state index contributed by atoms with van der Waals surface area (Å²) < 4.78 is 18.8. The van der Waals surface area contributed by atoms with Gasteiger partial charge in [-0.2, -0.15) is 0 Å². The second kappa shape index (κ2) is 8.53. The van der Waals surface area contributed by atoms with Crippen molar-refractivity contribution >= 4 is 11.6 Å². The number of anilines is 1. The summed E-state index contributed by atoms with van der Waals surface area (Å²) >= 11 is 0. The Morgan fingerprint density at radius 3 is 2.23 bits per heavy atom. The number of nitrogens with one attached hydrogen (secondary N) is 1. The summed E-state index contributed by atoms with van der Waals surface area (Å²) in [5, 5.41) is 2.83. The number of benzene rings is 3. The molecule has 1 heterocycles. The maximum absolute atomic E-state index is 13.1. The quantitative estimate of drug-likeness (QED) is 0.472. The van der Waals surface area contributed by atoms with Gasteiger partial charge in [-0.1, -0.05) is 18.2 Å². The van der Waals surface area contributed by atoms with Gasteiger partial charge in [0.1, 0.15) is 17.3 Å². The van der Waals surface area contributed by atoms with Crippen molar-refractivity contribution in [2.75, 3.05) is 5.32 Å². The SMILES string of the molecule is Cc1nc(-c2ccc(F)cc2)ncc1C(=O)Nc1ccc(Oc2ccccc2)cc1. The Morgan fingerprint density at radius 2 is 1.57 bits per heavy atom. The van der Waals surface area contributed by atoms with Crippen LogP contribution in [0.1, 0.15) is 16.1 Å². The highest BCUT2D eigenvalue weighted by Gasteiger charge is 2.13. The lowest BCUT2D eigenvalue weighted by Crippen LogP contribution is -2.15. The summed E-state index contributed by atoms with van der Waals surface area (Å²) in [6, 6.07) is 22.4. The van der Waals surface area contributed by atoms with Crippen LogP contribution in [0.5, 0.6) is 11.5 Å². The number of rotatable bonds is 5. The van der Waals surface area contributed by atoms with Crippen LogP contribution >= 0.6 is 0 Å². The molecule has 0 aliphatic heterocycles. The second-order valence-electron chi connectivity index (χ2n) is 6.59. The molecular formula is C24H18FN3O2. The van der Waals surface area contributed by atoms with Gasteiger partial charge < -0.3 is 10.1 Å². The van der Waals surface area contributed by atoms with E-state index < -0.39 is 0 Å². The van der Waals surface area contributed by atoms with Gasteiger partial charge in [-0.3, -0.25) is 4.79 Å². The van der Waals surface area contributed by atoms with E-state index in [2.05, 4.69) is 15.3 Å². The van der Waals surface area contributed by atoms with Crippen molar-refractivity contribution in [3.63, 3.8) is 0 Å². The third-order valence-corrected chi connectivity index (χ3v) is 4.42. The Morgan fingerprint density at radius 1 is 0.900 bits per heavy atom. The predicted octanol–water partition coefficient (Wildman–Crippen LogP) is 5.64. The molecule has 0 bridgehead atoms. The van der Waals surface area contributed by atoms with E-state index in [-0.39, 0.29) is 11.7 Å². The zero-order chi connectivity index (χ0) is 20.9. The van der Waals surface area contributed by atoms with E-state index >= 15 is 0 Å². The molecule has 0 saturated heterocycles. The maximum atomic E-state index is 13.1. The lowest BCUT2D eigenvalue weighted by molar-refractivity contribution is 0.102. The number of para-hydroxylation sites is 1. The second-order valence-corrected chi connectivity index (χ2v) is 6.59. The molecule has 0 aliphatic carbocycles. The van der Waals surface area contributed by atoms with Crippen molar-refractivity contribution in [1.82, 2.24) is 9.97 Å². The average Bonchev–Trinajstić information content (AvgIpc) is 2.76. The third kappa shape index (κ3) is 4.50. The molecule has 30 heavy (non-hydrogen) atoms. The molecule has 1 aromatic heterocycles. The molecule has 1 amide bonds. The van der Waals surface area contributed by atoms with Crippen LogP contribution in [0.4, 0.5) is 10.1 Å². The van der Waals surface area contributed by atoms with E-state index in [9.17, 15) is 9.18 Å². The summed E-state index contributed by atoms with van der Waals surface area (Å²) in [7, 11) is 0. The first-order chi connectivity index (χ1) is 14.6. The molecule has 0 aliphatic rings. The number of hydrogen-bond acceptors (Lipinski definition) is 4. The number of hydrogen-bond donors (Lipinski definition) is 1. The van der Waals surface area contributed by atoms with E-state index in [1.807, 2.05) is 30.3 Å². The normalized spacial score (nSPS) is 10.5. The standard InChI is InChI=1S/C24H18FN3O2/c1-16-22(15-26-23(27-16)17-7-9-18(25)10-8-17)24(29)28-19-11-13-21(14-12-19)30-20-5-3-2-4-6-20/h2-15H,1H3,(H,28,29). The number of ether oxygens (including phenoxy) is 1. The summed E-state index contributed by atoms with van der Waals surface area (Å²) in [5.74, 6) is 1.21. The third-order valence-electron chi connectivity index (χ3n) is 4.42. The first-order valence-electron chi connectivity index (χ1n) is 9.32. The van der Waals surface area contributed by atoms with E-state index in [0.29, 0.717) is 34.1 Å². The molecule has 4 rings (SSSR count). The van der Waals surface area contributed by atoms with Gasteiger partial charge in [0.15, 0.2) is 5.82 Å². The Balaban J connectivity index is 1.45. The van der Waals surface area contributed by atoms with Gasteiger partial charge in [0.25, 0.3) is 5.91 Å². The minimum atomic E-state index is -0.327. The van der Waals surface area contributed by atoms with Gasteiger partial charge in [0.05, 0.1) is 11.3 Å². The van der Waals surface area contributed by atoms with E-state index in [1.54, 1.807) is 43.3 Å². The van der Waals surface area contributed by atoms with E-state index in [4.69, 9.17) is 4.74 Å². The minimum absolute atomic E-state index is 0.310. The summed E-state index contributed by atoms with van der Waals surface area (Å²) in [6.45, 7) is 1.74. The maximum Gasteiger partial charge on any atom is 0.259 e. The van der Waals surface area contributed by atoms with Crippen LogP contribution in [0.25, 0.3) is 11.4 Å². The van der Waals surface area contributed by atoms with Crippen molar-refractivity contribution in [3.8, 4) is 22.9 Å². The molecule has 0 atom stereocenters. The highest BCUT2D eigenvalue weighted by molar-refractivity contribution is 6.04. The average molecular weight is 399 g/mol. The molecule has 0 radical (unpaired) electrons. The number of carbonyl (C=O) groups is 1. The highest BCUT2D eigenvalue weighted by Crippen LogP contribution is 2.23. The van der Waals surface area contributed by atoms with Crippen LogP contribution in [0.3, 0.4) is 0 Å².